The Morgan fingerprint density at radius 3 is 2.74 bits per heavy atom. The van der Waals surface area contributed by atoms with Gasteiger partial charge in [-0.1, -0.05) is 23.9 Å². The minimum atomic E-state index is -0.211. The number of amides is 1. The molecule has 2 aromatic rings. The Hall–Kier alpha value is -1.40. The van der Waals surface area contributed by atoms with Crippen LogP contribution in [0.15, 0.2) is 40.1 Å². The van der Waals surface area contributed by atoms with Crippen LogP contribution in [0, 0.1) is 6.92 Å². The second kappa shape index (κ2) is 6.16. The third kappa shape index (κ3) is 3.33. The molecule has 0 atom stereocenters. The van der Waals surface area contributed by atoms with Crippen LogP contribution in [0.25, 0.3) is 0 Å². The summed E-state index contributed by atoms with van der Waals surface area (Å²) in [6.45, 7) is 1.80. The van der Waals surface area contributed by atoms with Gasteiger partial charge >= 0.3 is 0 Å². The van der Waals surface area contributed by atoms with E-state index in [1.54, 1.807) is 13.1 Å². The Kier molecular flexibility index (Phi) is 4.55. The number of carbonyl (C=O) groups is 1. The molecule has 0 saturated carbocycles. The molecule has 0 unspecified atom stereocenters. The molecule has 4 nitrogen and oxygen atoms in total. The molecule has 19 heavy (non-hydrogen) atoms. The first-order chi connectivity index (χ1) is 9.11. The smallest absolute Gasteiger partial charge is 0.259 e. The third-order valence-corrected chi connectivity index (χ3v) is 3.76. The van der Waals surface area contributed by atoms with Crippen molar-refractivity contribution in [1.29, 1.82) is 0 Å². The fourth-order valence-electron chi connectivity index (χ4n) is 1.52. The van der Waals surface area contributed by atoms with Gasteiger partial charge in [-0.2, -0.15) is 0 Å². The maximum absolute atomic E-state index is 12.2. The first-order valence-corrected chi connectivity index (χ1v) is 7.57. The average Bonchev–Trinajstić information content (AvgIpc) is 2.41. The zero-order chi connectivity index (χ0) is 13.8. The van der Waals surface area contributed by atoms with Gasteiger partial charge in [0.15, 0.2) is 5.16 Å². The lowest BCUT2D eigenvalue weighted by molar-refractivity contribution is 0.102. The van der Waals surface area contributed by atoms with Crippen LogP contribution in [0.1, 0.15) is 16.1 Å². The molecular weight excluding hydrogens is 326 g/mol. The number of nitrogens with zero attached hydrogens (tertiary/aromatic N) is 2. The van der Waals surface area contributed by atoms with Gasteiger partial charge in [0.05, 0.1) is 16.9 Å². The van der Waals surface area contributed by atoms with Crippen molar-refractivity contribution in [3.8, 4) is 0 Å². The minimum Gasteiger partial charge on any atom is -0.321 e. The van der Waals surface area contributed by atoms with Crippen LogP contribution in [0.5, 0.6) is 0 Å². The van der Waals surface area contributed by atoms with Crippen LogP contribution < -0.4 is 5.32 Å². The highest BCUT2D eigenvalue weighted by molar-refractivity contribution is 9.10. The summed E-state index contributed by atoms with van der Waals surface area (Å²) < 4.78 is 0.836. The second-order valence-corrected chi connectivity index (χ2v) is 5.42. The van der Waals surface area contributed by atoms with E-state index in [0.29, 0.717) is 16.4 Å². The SMILES string of the molecule is CSc1ncc(C(=O)Nc2ccccc2Br)c(C)n1. The number of benzene rings is 1. The summed E-state index contributed by atoms with van der Waals surface area (Å²) >= 11 is 4.84. The van der Waals surface area contributed by atoms with E-state index in [4.69, 9.17) is 0 Å². The van der Waals surface area contributed by atoms with Crippen LogP contribution in [0.2, 0.25) is 0 Å². The topological polar surface area (TPSA) is 54.9 Å². The van der Waals surface area contributed by atoms with E-state index in [0.717, 1.165) is 10.2 Å². The summed E-state index contributed by atoms with van der Waals surface area (Å²) in [6.07, 6.45) is 3.45. The van der Waals surface area contributed by atoms with Gasteiger partial charge < -0.3 is 5.32 Å². The summed E-state index contributed by atoms with van der Waals surface area (Å²) in [7, 11) is 0. The minimum absolute atomic E-state index is 0.211. The molecule has 1 amide bonds. The Labute approximate surface area is 124 Å². The first-order valence-electron chi connectivity index (χ1n) is 5.55. The second-order valence-electron chi connectivity index (χ2n) is 3.79. The largest absolute Gasteiger partial charge is 0.321 e. The number of thioether (sulfide) groups is 1. The molecule has 0 radical (unpaired) electrons. The molecule has 98 valence electrons. The van der Waals surface area contributed by atoms with Crippen molar-refractivity contribution in [3.05, 3.63) is 46.2 Å². The molecule has 0 aliphatic carbocycles. The number of anilines is 1. The van der Waals surface area contributed by atoms with Crippen molar-refractivity contribution in [2.75, 3.05) is 11.6 Å². The zero-order valence-corrected chi connectivity index (χ0v) is 12.9. The number of aryl methyl sites for hydroxylation is 1. The molecule has 1 heterocycles. The van der Waals surface area contributed by atoms with Gasteiger partial charge in [0.2, 0.25) is 0 Å². The predicted molar refractivity (Wildman–Crippen MR) is 80.6 cm³/mol. The molecule has 0 fully saturated rings. The summed E-state index contributed by atoms with van der Waals surface area (Å²) in [4.78, 5) is 20.5. The van der Waals surface area contributed by atoms with E-state index in [-0.39, 0.29) is 5.91 Å². The fraction of sp³-hybridized carbons (Fsp3) is 0.154. The number of carbonyl (C=O) groups excluding carboxylic acids is 1. The highest BCUT2D eigenvalue weighted by Gasteiger charge is 2.12. The molecule has 0 bridgehead atoms. The summed E-state index contributed by atoms with van der Waals surface area (Å²) in [5.74, 6) is -0.211. The number of hydrogen-bond acceptors (Lipinski definition) is 4. The van der Waals surface area contributed by atoms with E-state index in [2.05, 4.69) is 31.2 Å². The van der Waals surface area contributed by atoms with Crippen molar-refractivity contribution in [2.45, 2.75) is 12.1 Å². The quantitative estimate of drug-likeness (QED) is 0.687. The summed E-state index contributed by atoms with van der Waals surface area (Å²) in [6, 6.07) is 7.45. The number of rotatable bonds is 3. The molecule has 1 aromatic heterocycles. The van der Waals surface area contributed by atoms with Crippen LogP contribution in [-0.2, 0) is 0 Å². The van der Waals surface area contributed by atoms with Crippen LogP contribution in [0.4, 0.5) is 5.69 Å². The summed E-state index contributed by atoms with van der Waals surface area (Å²) in [5.41, 5.74) is 1.87. The Bertz CT molecular complexity index is 619. The van der Waals surface area contributed by atoms with Crippen molar-refractivity contribution in [3.63, 3.8) is 0 Å². The molecular formula is C13H12BrN3OS. The standard InChI is InChI=1S/C13H12BrN3OS/c1-8-9(7-15-13(16-8)19-2)12(18)17-11-6-4-3-5-10(11)14/h3-7H,1-2H3,(H,17,18). The lowest BCUT2D eigenvalue weighted by Gasteiger charge is -2.08. The number of halogens is 1. The summed E-state index contributed by atoms with van der Waals surface area (Å²) in [5, 5.41) is 3.49. The van der Waals surface area contributed by atoms with Crippen LogP contribution >= 0.6 is 27.7 Å². The maximum Gasteiger partial charge on any atom is 0.259 e. The average molecular weight is 338 g/mol. The Balaban J connectivity index is 2.23. The molecule has 0 spiro atoms. The van der Waals surface area contributed by atoms with Gasteiger partial charge in [-0.3, -0.25) is 4.79 Å². The van der Waals surface area contributed by atoms with E-state index in [9.17, 15) is 4.79 Å². The van der Waals surface area contributed by atoms with Crippen molar-refractivity contribution in [1.82, 2.24) is 9.97 Å². The molecule has 1 aromatic carbocycles. The molecule has 1 N–H and O–H groups in total. The van der Waals surface area contributed by atoms with E-state index < -0.39 is 0 Å². The predicted octanol–water partition coefficient (Wildman–Crippen LogP) is 3.52. The highest BCUT2D eigenvalue weighted by Crippen LogP contribution is 2.22. The number of aromatic nitrogens is 2. The molecule has 0 saturated heterocycles. The van der Waals surface area contributed by atoms with Gasteiger partial charge in [0.25, 0.3) is 5.91 Å². The Morgan fingerprint density at radius 1 is 1.37 bits per heavy atom. The van der Waals surface area contributed by atoms with Gasteiger partial charge in [0, 0.05) is 10.7 Å². The third-order valence-electron chi connectivity index (χ3n) is 2.51. The lowest BCUT2D eigenvalue weighted by Crippen LogP contribution is -2.15. The van der Waals surface area contributed by atoms with Crippen LogP contribution in [0.3, 0.4) is 0 Å². The van der Waals surface area contributed by atoms with Gasteiger partial charge in [-0.05, 0) is 41.2 Å². The first kappa shape index (κ1) is 14.0. The van der Waals surface area contributed by atoms with E-state index in [1.807, 2.05) is 30.5 Å². The lowest BCUT2D eigenvalue weighted by atomic mass is 10.2. The van der Waals surface area contributed by atoms with Gasteiger partial charge in [-0.15, -0.1) is 0 Å². The Morgan fingerprint density at radius 2 is 2.11 bits per heavy atom. The molecule has 6 heteroatoms. The molecule has 0 aliphatic rings. The number of hydrogen-bond donors (Lipinski definition) is 1. The fourth-order valence-corrected chi connectivity index (χ4v) is 2.29. The van der Waals surface area contributed by atoms with E-state index in [1.165, 1.54) is 11.8 Å². The number of para-hydroxylation sites is 1. The molecule has 2 rings (SSSR count). The van der Waals surface area contributed by atoms with Gasteiger partial charge in [0.1, 0.15) is 0 Å². The van der Waals surface area contributed by atoms with E-state index >= 15 is 0 Å². The highest BCUT2D eigenvalue weighted by atomic mass is 79.9. The zero-order valence-electron chi connectivity index (χ0n) is 10.5. The van der Waals surface area contributed by atoms with Crippen molar-refractivity contribution < 1.29 is 4.79 Å². The van der Waals surface area contributed by atoms with Gasteiger partial charge in [-0.25, -0.2) is 9.97 Å². The molecule has 0 aliphatic heterocycles. The van der Waals surface area contributed by atoms with Crippen LogP contribution in [-0.4, -0.2) is 22.1 Å². The number of nitrogens with one attached hydrogen (secondary N) is 1. The van der Waals surface area contributed by atoms with Crippen molar-refractivity contribution >= 4 is 39.3 Å². The monoisotopic (exact) mass is 337 g/mol. The normalized spacial score (nSPS) is 10.3. The maximum atomic E-state index is 12.2. The van der Waals surface area contributed by atoms with Crippen molar-refractivity contribution in [2.24, 2.45) is 0 Å².